The van der Waals surface area contributed by atoms with E-state index in [4.69, 9.17) is 0 Å². The van der Waals surface area contributed by atoms with Gasteiger partial charge in [-0.3, -0.25) is 0 Å². The molecule has 0 aromatic carbocycles. The van der Waals surface area contributed by atoms with Crippen molar-refractivity contribution in [3.63, 3.8) is 0 Å². The van der Waals surface area contributed by atoms with Crippen LogP contribution >= 0.6 is 0 Å². The molecule has 72 valence electrons. The Balaban J connectivity index is 3.15. The van der Waals surface area contributed by atoms with Crippen molar-refractivity contribution in [3.8, 4) is 0 Å². The van der Waals surface area contributed by atoms with E-state index in [0.29, 0.717) is 5.76 Å². The van der Waals surface area contributed by atoms with Crippen LogP contribution in [0.25, 0.3) is 0 Å². The summed E-state index contributed by atoms with van der Waals surface area (Å²) in [6, 6.07) is 0. The smallest absolute Gasteiger partial charge is 0.118 e. The van der Waals surface area contributed by atoms with E-state index >= 15 is 0 Å². The van der Waals surface area contributed by atoms with Gasteiger partial charge in [0.25, 0.3) is 0 Å². The van der Waals surface area contributed by atoms with Gasteiger partial charge in [-0.05, 0) is 29.9 Å². The summed E-state index contributed by atoms with van der Waals surface area (Å²) in [5, 5.41) is 9.86. The Labute approximate surface area is 80.5 Å². The van der Waals surface area contributed by atoms with Gasteiger partial charge < -0.3 is 5.11 Å². The number of rotatable bonds is 0. The molecule has 0 bridgehead atoms. The van der Waals surface area contributed by atoms with Crippen LogP contribution in [0.15, 0.2) is 35.1 Å². The Morgan fingerprint density at radius 3 is 2.38 bits per heavy atom. The van der Waals surface area contributed by atoms with Crippen LogP contribution in [0.4, 0.5) is 0 Å². The molecule has 0 atom stereocenters. The first-order valence-electron chi connectivity index (χ1n) is 4.61. The molecule has 0 aliphatic heterocycles. The first kappa shape index (κ1) is 10.1. The molecule has 1 aliphatic carbocycles. The Morgan fingerprint density at radius 2 is 1.92 bits per heavy atom. The number of hydrogen-bond acceptors (Lipinski definition) is 1. The lowest BCUT2D eigenvalue weighted by Gasteiger charge is -2.28. The van der Waals surface area contributed by atoms with E-state index in [1.54, 1.807) is 0 Å². The molecule has 13 heavy (non-hydrogen) atoms. The maximum atomic E-state index is 9.86. The summed E-state index contributed by atoms with van der Waals surface area (Å²) < 4.78 is 0. The molecule has 1 rings (SSSR count). The molecule has 0 spiro atoms. The van der Waals surface area contributed by atoms with E-state index in [0.717, 1.165) is 23.1 Å². The van der Waals surface area contributed by atoms with Crippen molar-refractivity contribution in [2.45, 2.75) is 34.1 Å². The van der Waals surface area contributed by atoms with Crippen LogP contribution in [0.2, 0.25) is 0 Å². The number of hydrogen-bond donors (Lipinski definition) is 1. The lowest BCUT2D eigenvalue weighted by Crippen LogP contribution is -2.15. The van der Waals surface area contributed by atoms with Gasteiger partial charge in [-0.2, -0.15) is 0 Å². The summed E-state index contributed by atoms with van der Waals surface area (Å²) in [4.78, 5) is 0. The van der Waals surface area contributed by atoms with Crippen LogP contribution in [0.5, 0.6) is 0 Å². The van der Waals surface area contributed by atoms with Crippen molar-refractivity contribution in [1.29, 1.82) is 0 Å². The van der Waals surface area contributed by atoms with Crippen molar-refractivity contribution in [3.05, 3.63) is 35.1 Å². The molecule has 0 aromatic heterocycles. The second-order valence-corrected chi connectivity index (χ2v) is 4.74. The van der Waals surface area contributed by atoms with Crippen LogP contribution in [-0.4, -0.2) is 5.11 Å². The molecule has 0 saturated heterocycles. The summed E-state index contributed by atoms with van der Waals surface area (Å²) >= 11 is 0. The highest BCUT2D eigenvalue weighted by molar-refractivity contribution is 5.43. The van der Waals surface area contributed by atoms with Gasteiger partial charge in [-0.25, -0.2) is 0 Å². The van der Waals surface area contributed by atoms with Crippen LogP contribution in [0, 0.1) is 5.41 Å². The van der Waals surface area contributed by atoms with Crippen molar-refractivity contribution in [2.24, 2.45) is 5.41 Å². The average Bonchev–Trinajstić information content (AvgIpc) is 1.94. The monoisotopic (exact) mass is 178 g/mol. The van der Waals surface area contributed by atoms with Gasteiger partial charge in [0, 0.05) is 0 Å². The fraction of sp³-hybridized carbons (Fsp3) is 0.500. The maximum absolute atomic E-state index is 9.86. The zero-order valence-electron chi connectivity index (χ0n) is 8.94. The van der Waals surface area contributed by atoms with E-state index in [1.165, 1.54) is 0 Å². The highest BCUT2D eigenvalue weighted by Crippen LogP contribution is 2.37. The van der Waals surface area contributed by atoms with Gasteiger partial charge in [0.15, 0.2) is 0 Å². The third-order valence-electron chi connectivity index (χ3n) is 2.39. The maximum Gasteiger partial charge on any atom is 0.118 e. The molecular weight excluding hydrogens is 160 g/mol. The van der Waals surface area contributed by atoms with E-state index in [1.807, 2.05) is 13.0 Å². The van der Waals surface area contributed by atoms with Gasteiger partial charge >= 0.3 is 0 Å². The molecule has 0 fully saturated rings. The second kappa shape index (κ2) is 3.06. The number of aliphatic hydroxyl groups excluding tert-OH is 1. The Kier molecular flexibility index (Phi) is 2.38. The molecule has 0 heterocycles. The Morgan fingerprint density at radius 1 is 1.38 bits per heavy atom. The van der Waals surface area contributed by atoms with Crippen LogP contribution in [0.3, 0.4) is 0 Å². The van der Waals surface area contributed by atoms with Crippen LogP contribution in [0.1, 0.15) is 34.1 Å². The minimum Gasteiger partial charge on any atom is -0.508 e. The van der Waals surface area contributed by atoms with Gasteiger partial charge in [0.1, 0.15) is 5.76 Å². The lowest BCUT2D eigenvalue weighted by atomic mass is 9.78. The topological polar surface area (TPSA) is 20.2 Å². The lowest BCUT2D eigenvalue weighted by molar-refractivity contribution is 0.375. The number of allylic oxidation sites excluding steroid dienone is 4. The summed E-state index contributed by atoms with van der Waals surface area (Å²) in [6.45, 7) is 12.2. The normalized spacial score (nSPS) is 19.1. The molecule has 0 aromatic rings. The summed E-state index contributed by atoms with van der Waals surface area (Å²) in [7, 11) is 0. The van der Waals surface area contributed by atoms with Crippen LogP contribution < -0.4 is 0 Å². The van der Waals surface area contributed by atoms with Gasteiger partial charge in [0.2, 0.25) is 0 Å². The molecule has 1 N–H and O–H groups in total. The summed E-state index contributed by atoms with van der Waals surface area (Å²) in [6.07, 6.45) is 2.75. The van der Waals surface area contributed by atoms with E-state index in [9.17, 15) is 5.11 Å². The molecule has 0 saturated carbocycles. The standard InChI is InChI=1S/C12H18O/c1-8-6-9(2)11(13)10(7-8)12(3,4)5/h6,13H,1,7H2,2-5H3. The van der Waals surface area contributed by atoms with E-state index in [-0.39, 0.29) is 5.41 Å². The van der Waals surface area contributed by atoms with Crippen molar-refractivity contribution in [2.75, 3.05) is 0 Å². The third kappa shape index (κ3) is 2.03. The minimum absolute atomic E-state index is 0.0303. The molecule has 0 amide bonds. The highest BCUT2D eigenvalue weighted by Gasteiger charge is 2.24. The van der Waals surface area contributed by atoms with E-state index < -0.39 is 0 Å². The molecule has 0 unspecified atom stereocenters. The zero-order valence-corrected chi connectivity index (χ0v) is 8.94. The molecule has 1 heteroatoms. The van der Waals surface area contributed by atoms with Crippen LogP contribution in [-0.2, 0) is 0 Å². The molecule has 1 nitrogen and oxygen atoms in total. The minimum atomic E-state index is 0.0303. The fourth-order valence-corrected chi connectivity index (χ4v) is 1.59. The highest BCUT2D eigenvalue weighted by atomic mass is 16.3. The summed E-state index contributed by atoms with van der Waals surface area (Å²) in [5.74, 6) is 0.458. The molecule has 1 aliphatic rings. The Hall–Kier alpha value is -0.980. The zero-order chi connectivity index (χ0) is 10.2. The van der Waals surface area contributed by atoms with Gasteiger partial charge in [-0.15, -0.1) is 0 Å². The predicted octanol–water partition coefficient (Wildman–Crippen LogP) is 3.75. The SMILES string of the molecule is C=C1C=C(C)C(O)=C(C(C)(C)C)C1. The third-order valence-corrected chi connectivity index (χ3v) is 2.39. The fourth-order valence-electron chi connectivity index (χ4n) is 1.59. The Bertz CT molecular complexity index is 298. The quantitative estimate of drug-likeness (QED) is 0.599. The largest absolute Gasteiger partial charge is 0.508 e. The first-order valence-corrected chi connectivity index (χ1v) is 4.61. The average molecular weight is 178 g/mol. The number of aliphatic hydroxyl groups is 1. The van der Waals surface area contributed by atoms with Gasteiger partial charge in [0.05, 0.1) is 0 Å². The van der Waals surface area contributed by atoms with Gasteiger partial charge in [-0.1, -0.05) is 39.0 Å². The van der Waals surface area contributed by atoms with Crippen molar-refractivity contribution >= 4 is 0 Å². The molecule has 0 radical (unpaired) electrons. The second-order valence-electron chi connectivity index (χ2n) is 4.74. The van der Waals surface area contributed by atoms with Crippen molar-refractivity contribution < 1.29 is 5.11 Å². The van der Waals surface area contributed by atoms with E-state index in [2.05, 4.69) is 27.4 Å². The van der Waals surface area contributed by atoms with Crippen molar-refractivity contribution in [1.82, 2.24) is 0 Å². The summed E-state index contributed by atoms with van der Waals surface area (Å²) in [5.41, 5.74) is 3.14. The molecular formula is C12H18O. The predicted molar refractivity (Wildman–Crippen MR) is 56.6 cm³/mol. The first-order chi connectivity index (χ1) is 5.82.